The van der Waals surface area contributed by atoms with Crippen LogP contribution in [0.3, 0.4) is 0 Å². The molecule has 27 heavy (non-hydrogen) atoms. The molecule has 0 heterocycles. The summed E-state index contributed by atoms with van der Waals surface area (Å²) in [5, 5.41) is 3.49. The van der Waals surface area contributed by atoms with Crippen molar-refractivity contribution in [2.75, 3.05) is 13.2 Å². The van der Waals surface area contributed by atoms with E-state index < -0.39 is 6.10 Å². The average Bonchev–Trinajstić information content (AvgIpc) is 2.61. The Morgan fingerprint density at radius 3 is 2.33 bits per heavy atom. The molecular weight excluding hydrogens is 362 g/mol. The molecule has 0 aliphatic rings. The molecular formula is C22H28ClNO3. The van der Waals surface area contributed by atoms with Gasteiger partial charge in [-0.3, -0.25) is 4.79 Å². The second-order valence-electron chi connectivity index (χ2n) is 7.58. The number of ether oxygens (including phenoxy) is 2. The lowest BCUT2D eigenvalue weighted by molar-refractivity contribution is -0.127. The molecule has 2 aromatic carbocycles. The zero-order chi connectivity index (χ0) is 20.0. The summed E-state index contributed by atoms with van der Waals surface area (Å²) in [6.07, 6.45) is -0.600. The smallest absolute Gasteiger partial charge is 0.260 e. The van der Waals surface area contributed by atoms with Crippen LogP contribution in [0.1, 0.15) is 38.8 Å². The minimum atomic E-state index is -0.600. The monoisotopic (exact) mass is 389 g/mol. The molecule has 4 nitrogen and oxygen atoms in total. The van der Waals surface area contributed by atoms with Crippen molar-refractivity contribution in [1.82, 2.24) is 5.32 Å². The minimum Gasteiger partial charge on any atom is -0.492 e. The van der Waals surface area contributed by atoms with E-state index in [9.17, 15) is 4.79 Å². The lowest BCUT2D eigenvalue weighted by atomic mass is 9.87. The van der Waals surface area contributed by atoms with Crippen molar-refractivity contribution in [1.29, 1.82) is 0 Å². The van der Waals surface area contributed by atoms with Gasteiger partial charge in [-0.25, -0.2) is 0 Å². The number of rotatable bonds is 7. The Balaban J connectivity index is 1.74. The molecule has 2 aromatic rings. The maximum Gasteiger partial charge on any atom is 0.260 e. The summed E-state index contributed by atoms with van der Waals surface area (Å²) in [4.78, 5) is 12.1. The van der Waals surface area contributed by atoms with Crippen LogP contribution in [-0.4, -0.2) is 25.2 Å². The molecule has 0 aliphatic carbocycles. The van der Waals surface area contributed by atoms with E-state index in [2.05, 4.69) is 38.2 Å². The van der Waals surface area contributed by atoms with Crippen molar-refractivity contribution < 1.29 is 14.3 Å². The lowest BCUT2D eigenvalue weighted by Gasteiger charge is -2.19. The van der Waals surface area contributed by atoms with E-state index in [1.165, 1.54) is 5.56 Å². The number of hydrogen-bond donors (Lipinski definition) is 1. The number of halogens is 1. The molecule has 5 heteroatoms. The quantitative estimate of drug-likeness (QED) is 0.684. The van der Waals surface area contributed by atoms with Crippen molar-refractivity contribution in [3.05, 3.63) is 58.6 Å². The number of aryl methyl sites for hydroxylation is 1. The van der Waals surface area contributed by atoms with E-state index in [0.717, 1.165) is 11.3 Å². The Morgan fingerprint density at radius 2 is 1.74 bits per heavy atom. The van der Waals surface area contributed by atoms with Crippen LogP contribution in [0, 0.1) is 6.92 Å². The third-order valence-corrected chi connectivity index (χ3v) is 4.63. The predicted octanol–water partition coefficient (Wildman–Crippen LogP) is 4.91. The predicted molar refractivity (Wildman–Crippen MR) is 110 cm³/mol. The highest BCUT2D eigenvalue weighted by Crippen LogP contribution is 2.24. The molecule has 0 fully saturated rings. The van der Waals surface area contributed by atoms with E-state index >= 15 is 0 Å². The van der Waals surface area contributed by atoms with Gasteiger partial charge in [0.15, 0.2) is 6.10 Å². The summed E-state index contributed by atoms with van der Waals surface area (Å²) >= 11 is 6.00. The first-order chi connectivity index (χ1) is 12.7. The van der Waals surface area contributed by atoms with Gasteiger partial charge in [-0.05, 0) is 60.7 Å². The summed E-state index contributed by atoms with van der Waals surface area (Å²) < 4.78 is 11.3. The van der Waals surface area contributed by atoms with Crippen molar-refractivity contribution >= 4 is 17.5 Å². The largest absolute Gasteiger partial charge is 0.492 e. The van der Waals surface area contributed by atoms with E-state index in [4.69, 9.17) is 21.1 Å². The first kappa shape index (κ1) is 21.1. The second kappa shape index (κ2) is 9.14. The number of amides is 1. The molecule has 0 saturated heterocycles. The number of benzene rings is 2. The normalized spacial score (nSPS) is 12.4. The first-order valence-electron chi connectivity index (χ1n) is 9.10. The fraction of sp³-hybridized carbons (Fsp3) is 0.409. The standard InChI is InChI=1S/C22H28ClNO3/c1-15-14-19(10-11-20(15)23)27-16(2)21(25)24-12-13-26-18-8-6-17(7-9-18)22(3,4)5/h6-11,14,16H,12-13H2,1-5H3,(H,24,25). The molecule has 0 aliphatic heterocycles. The third kappa shape index (κ3) is 6.47. The maximum absolute atomic E-state index is 12.1. The zero-order valence-corrected chi connectivity index (χ0v) is 17.4. The molecule has 1 amide bonds. The highest BCUT2D eigenvalue weighted by atomic mass is 35.5. The van der Waals surface area contributed by atoms with Crippen molar-refractivity contribution in [2.45, 2.75) is 46.1 Å². The Hall–Kier alpha value is -2.20. The van der Waals surface area contributed by atoms with Crippen LogP contribution in [-0.2, 0) is 10.2 Å². The van der Waals surface area contributed by atoms with Gasteiger partial charge in [-0.2, -0.15) is 0 Å². The second-order valence-corrected chi connectivity index (χ2v) is 7.99. The average molecular weight is 390 g/mol. The van der Waals surface area contributed by atoms with E-state index in [1.807, 2.05) is 25.1 Å². The van der Waals surface area contributed by atoms with E-state index in [1.54, 1.807) is 19.1 Å². The molecule has 146 valence electrons. The number of carbonyl (C=O) groups is 1. The summed E-state index contributed by atoms with van der Waals surface area (Å²) in [5.74, 6) is 1.22. The zero-order valence-electron chi connectivity index (χ0n) is 16.6. The van der Waals surface area contributed by atoms with Crippen LogP contribution in [0.15, 0.2) is 42.5 Å². The minimum absolute atomic E-state index is 0.116. The molecule has 0 aromatic heterocycles. The fourth-order valence-corrected chi connectivity index (χ4v) is 2.60. The molecule has 0 radical (unpaired) electrons. The molecule has 0 bridgehead atoms. The van der Waals surface area contributed by atoms with E-state index in [0.29, 0.717) is 23.9 Å². The molecule has 1 unspecified atom stereocenters. The van der Waals surface area contributed by atoms with Crippen LogP contribution < -0.4 is 14.8 Å². The Labute approximate surface area is 166 Å². The van der Waals surface area contributed by atoms with Gasteiger partial charge in [0.2, 0.25) is 0 Å². The van der Waals surface area contributed by atoms with Gasteiger partial charge in [-0.15, -0.1) is 0 Å². The van der Waals surface area contributed by atoms with Gasteiger partial charge < -0.3 is 14.8 Å². The Bertz CT molecular complexity index is 766. The Morgan fingerprint density at radius 1 is 1.11 bits per heavy atom. The summed E-state index contributed by atoms with van der Waals surface area (Å²) in [5.41, 5.74) is 2.28. The van der Waals surface area contributed by atoms with Gasteiger partial charge in [0.05, 0.1) is 6.54 Å². The van der Waals surface area contributed by atoms with Crippen LogP contribution in [0.5, 0.6) is 11.5 Å². The van der Waals surface area contributed by atoms with Crippen LogP contribution in [0.2, 0.25) is 5.02 Å². The van der Waals surface area contributed by atoms with Gasteiger partial charge in [0.25, 0.3) is 5.91 Å². The molecule has 2 rings (SSSR count). The SMILES string of the molecule is Cc1cc(OC(C)C(=O)NCCOc2ccc(C(C)(C)C)cc2)ccc1Cl. The fourth-order valence-electron chi connectivity index (χ4n) is 2.49. The van der Waals surface area contributed by atoms with Crippen LogP contribution in [0.4, 0.5) is 0 Å². The highest BCUT2D eigenvalue weighted by molar-refractivity contribution is 6.31. The van der Waals surface area contributed by atoms with Gasteiger partial charge >= 0.3 is 0 Å². The highest BCUT2D eigenvalue weighted by Gasteiger charge is 2.15. The third-order valence-electron chi connectivity index (χ3n) is 4.20. The maximum atomic E-state index is 12.1. The molecule has 0 spiro atoms. The van der Waals surface area contributed by atoms with Crippen LogP contribution in [0.25, 0.3) is 0 Å². The van der Waals surface area contributed by atoms with Gasteiger partial charge in [0, 0.05) is 5.02 Å². The van der Waals surface area contributed by atoms with Gasteiger partial charge in [-0.1, -0.05) is 44.5 Å². The summed E-state index contributed by atoms with van der Waals surface area (Å²) in [7, 11) is 0. The molecule has 1 N–H and O–H groups in total. The topological polar surface area (TPSA) is 47.6 Å². The first-order valence-corrected chi connectivity index (χ1v) is 9.48. The number of nitrogens with one attached hydrogen (secondary N) is 1. The van der Waals surface area contributed by atoms with Crippen LogP contribution >= 0.6 is 11.6 Å². The van der Waals surface area contributed by atoms with Gasteiger partial charge in [0.1, 0.15) is 18.1 Å². The number of carbonyl (C=O) groups excluding carboxylic acids is 1. The van der Waals surface area contributed by atoms with Crippen molar-refractivity contribution in [2.24, 2.45) is 0 Å². The molecule has 1 atom stereocenters. The summed E-state index contributed by atoms with van der Waals surface area (Å²) in [6, 6.07) is 13.4. The van der Waals surface area contributed by atoms with Crippen molar-refractivity contribution in [3.8, 4) is 11.5 Å². The molecule has 0 saturated carbocycles. The van der Waals surface area contributed by atoms with Crippen molar-refractivity contribution in [3.63, 3.8) is 0 Å². The summed E-state index contributed by atoms with van der Waals surface area (Å²) in [6.45, 7) is 10.9. The number of hydrogen-bond acceptors (Lipinski definition) is 3. The van der Waals surface area contributed by atoms with E-state index in [-0.39, 0.29) is 11.3 Å². The Kier molecular flexibility index (Phi) is 7.14. The lowest BCUT2D eigenvalue weighted by Crippen LogP contribution is -2.38.